The van der Waals surface area contributed by atoms with E-state index in [-0.39, 0.29) is 0 Å². The molecule has 0 bridgehead atoms. The van der Waals surface area contributed by atoms with Crippen LogP contribution < -0.4 is 10.6 Å². The molecular formula is C14H27N5O2. The number of aliphatic hydroxyl groups is 1. The molecule has 0 saturated heterocycles. The van der Waals surface area contributed by atoms with Crippen LogP contribution in [0.1, 0.15) is 19.7 Å². The van der Waals surface area contributed by atoms with Gasteiger partial charge in [-0.25, -0.2) is 9.97 Å². The summed E-state index contributed by atoms with van der Waals surface area (Å²) in [6.07, 6.45) is 0. The molecule has 7 nitrogen and oxygen atoms in total. The van der Waals surface area contributed by atoms with Gasteiger partial charge in [0.2, 0.25) is 0 Å². The van der Waals surface area contributed by atoms with Gasteiger partial charge in [-0.1, -0.05) is 0 Å². The molecule has 1 atom stereocenters. The van der Waals surface area contributed by atoms with Gasteiger partial charge in [0, 0.05) is 32.8 Å². The third-order valence-electron chi connectivity index (χ3n) is 2.77. The molecule has 0 aromatic carbocycles. The summed E-state index contributed by atoms with van der Waals surface area (Å²) in [6, 6.07) is 1.81. The molecule has 0 aliphatic carbocycles. The first-order valence-corrected chi connectivity index (χ1v) is 7.10. The molecule has 0 radical (unpaired) electrons. The zero-order valence-corrected chi connectivity index (χ0v) is 13.6. The zero-order chi connectivity index (χ0) is 15.9. The van der Waals surface area contributed by atoms with Crippen LogP contribution in [0.5, 0.6) is 0 Å². The van der Waals surface area contributed by atoms with E-state index in [2.05, 4.69) is 20.6 Å². The summed E-state index contributed by atoms with van der Waals surface area (Å²) in [5, 5.41) is 16.5. The van der Waals surface area contributed by atoms with Crippen molar-refractivity contribution in [3.8, 4) is 0 Å². The summed E-state index contributed by atoms with van der Waals surface area (Å²) < 4.78 is 5.34. The van der Waals surface area contributed by atoms with Crippen LogP contribution in [0.15, 0.2) is 6.07 Å². The first kappa shape index (κ1) is 17.6. The number of nitrogens with one attached hydrogen (secondary N) is 2. The molecule has 3 N–H and O–H groups in total. The third kappa shape index (κ3) is 6.70. The van der Waals surface area contributed by atoms with E-state index in [0.717, 1.165) is 5.82 Å². The number of hydrogen-bond donors (Lipinski definition) is 3. The van der Waals surface area contributed by atoms with Gasteiger partial charge in [-0.05, 0) is 27.9 Å². The van der Waals surface area contributed by atoms with E-state index in [1.165, 1.54) is 0 Å². The minimum Gasteiger partial charge on any atom is -0.387 e. The monoisotopic (exact) mass is 297 g/mol. The van der Waals surface area contributed by atoms with Crippen LogP contribution in [-0.2, 0) is 11.3 Å². The summed E-state index contributed by atoms with van der Waals surface area (Å²) in [6.45, 7) is 5.68. The molecule has 0 amide bonds. The van der Waals surface area contributed by atoms with E-state index in [1.807, 2.05) is 25.9 Å². The minimum absolute atomic E-state index is 0.370. The fraction of sp³-hybridized carbons (Fsp3) is 0.714. The predicted molar refractivity (Wildman–Crippen MR) is 84.6 cm³/mol. The number of hydrogen-bond acceptors (Lipinski definition) is 7. The molecule has 1 heterocycles. The van der Waals surface area contributed by atoms with Crippen molar-refractivity contribution in [1.82, 2.24) is 14.9 Å². The first-order valence-electron chi connectivity index (χ1n) is 7.10. The second-order valence-electron chi connectivity index (χ2n) is 5.53. The summed E-state index contributed by atoms with van der Waals surface area (Å²) in [7, 11) is 5.66. The van der Waals surface area contributed by atoms with E-state index in [1.54, 1.807) is 20.0 Å². The average Bonchev–Trinajstić information content (AvgIpc) is 2.41. The Labute approximate surface area is 126 Å². The Morgan fingerprint density at radius 2 is 2.00 bits per heavy atom. The van der Waals surface area contributed by atoms with Gasteiger partial charge < -0.3 is 25.4 Å². The molecule has 1 unspecified atom stereocenters. The molecule has 1 aromatic rings. The highest BCUT2D eigenvalue weighted by Crippen LogP contribution is 2.13. The lowest BCUT2D eigenvalue weighted by molar-refractivity contribution is 0.0459. The van der Waals surface area contributed by atoms with Crippen LogP contribution >= 0.6 is 0 Å². The molecule has 0 spiro atoms. The SMILES string of the molecule is CCOCc1nc(NC)cc(NCC(C)(O)CN(C)C)n1. The number of anilines is 2. The summed E-state index contributed by atoms with van der Waals surface area (Å²) in [5.41, 5.74) is -0.839. The van der Waals surface area contributed by atoms with Crippen molar-refractivity contribution in [3.05, 3.63) is 11.9 Å². The maximum absolute atomic E-state index is 10.3. The standard InChI is InChI=1S/C14H27N5O2/c1-6-21-8-13-17-11(15-3)7-12(18-13)16-9-14(2,20)10-19(4)5/h7,20H,6,8-10H2,1-5H3,(H2,15,16,17,18). The van der Waals surface area contributed by atoms with Crippen molar-refractivity contribution in [2.75, 3.05) is 51.5 Å². The fourth-order valence-electron chi connectivity index (χ4n) is 1.99. The highest BCUT2D eigenvalue weighted by molar-refractivity contribution is 5.47. The normalized spacial score (nSPS) is 14.0. The second kappa shape index (κ2) is 8.11. The second-order valence-corrected chi connectivity index (χ2v) is 5.53. The van der Waals surface area contributed by atoms with Gasteiger partial charge >= 0.3 is 0 Å². The smallest absolute Gasteiger partial charge is 0.158 e. The molecule has 1 aromatic heterocycles. The highest BCUT2D eigenvalue weighted by Gasteiger charge is 2.21. The van der Waals surface area contributed by atoms with Crippen LogP contribution in [0.2, 0.25) is 0 Å². The van der Waals surface area contributed by atoms with Crippen LogP contribution in [0.25, 0.3) is 0 Å². The third-order valence-corrected chi connectivity index (χ3v) is 2.77. The molecule has 0 saturated carbocycles. The Balaban J connectivity index is 2.73. The number of rotatable bonds is 9. The maximum Gasteiger partial charge on any atom is 0.158 e. The van der Waals surface area contributed by atoms with E-state index in [0.29, 0.717) is 37.9 Å². The van der Waals surface area contributed by atoms with E-state index < -0.39 is 5.60 Å². The van der Waals surface area contributed by atoms with E-state index >= 15 is 0 Å². The number of ether oxygens (including phenoxy) is 1. The fourth-order valence-corrected chi connectivity index (χ4v) is 1.99. The number of likely N-dealkylation sites (N-methyl/N-ethyl adjacent to an activating group) is 1. The Bertz CT molecular complexity index is 437. The van der Waals surface area contributed by atoms with Gasteiger partial charge in [0.15, 0.2) is 5.82 Å². The summed E-state index contributed by atoms with van der Waals surface area (Å²) >= 11 is 0. The van der Waals surface area contributed by atoms with E-state index in [9.17, 15) is 5.11 Å². The van der Waals surface area contributed by atoms with E-state index in [4.69, 9.17) is 4.74 Å². The zero-order valence-electron chi connectivity index (χ0n) is 13.6. The van der Waals surface area contributed by atoms with Crippen LogP contribution in [0.4, 0.5) is 11.6 Å². The molecule has 120 valence electrons. The largest absolute Gasteiger partial charge is 0.387 e. The lowest BCUT2D eigenvalue weighted by Gasteiger charge is -2.27. The lowest BCUT2D eigenvalue weighted by atomic mass is 10.1. The molecular weight excluding hydrogens is 270 g/mol. The van der Waals surface area contributed by atoms with Crippen molar-refractivity contribution in [2.24, 2.45) is 0 Å². The van der Waals surface area contributed by atoms with Gasteiger partial charge in [0.25, 0.3) is 0 Å². The topological polar surface area (TPSA) is 82.5 Å². The van der Waals surface area contributed by atoms with Gasteiger partial charge in [0.1, 0.15) is 18.2 Å². The summed E-state index contributed by atoms with van der Waals surface area (Å²) in [5.74, 6) is 2.00. The van der Waals surface area contributed by atoms with Crippen LogP contribution in [0, 0.1) is 0 Å². The van der Waals surface area contributed by atoms with Crippen molar-refractivity contribution in [1.29, 1.82) is 0 Å². The van der Waals surface area contributed by atoms with Crippen LogP contribution in [-0.4, -0.2) is 66.4 Å². The lowest BCUT2D eigenvalue weighted by Crippen LogP contribution is -2.43. The number of nitrogens with zero attached hydrogens (tertiary/aromatic N) is 3. The van der Waals surface area contributed by atoms with Crippen molar-refractivity contribution in [2.45, 2.75) is 26.1 Å². The van der Waals surface area contributed by atoms with Gasteiger partial charge in [-0.3, -0.25) is 0 Å². The maximum atomic E-state index is 10.3. The highest BCUT2D eigenvalue weighted by atomic mass is 16.5. The molecule has 0 fully saturated rings. The average molecular weight is 297 g/mol. The minimum atomic E-state index is -0.839. The van der Waals surface area contributed by atoms with Gasteiger partial charge in [-0.15, -0.1) is 0 Å². The molecule has 0 aliphatic rings. The first-order chi connectivity index (χ1) is 9.86. The van der Waals surface area contributed by atoms with Crippen molar-refractivity contribution in [3.63, 3.8) is 0 Å². The quantitative estimate of drug-likeness (QED) is 0.621. The van der Waals surface area contributed by atoms with Gasteiger partial charge in [-0.2, -0.15) is 0 Å². The Hall–Kier alpha value is -1.44. The Morgan fingerprint density at radius 3 is 2.57 bits per heavy atom. The van der Waals surface area contributed by atoms with Crippen molar-refractivity contribution < 1.29 is 9.84 Å². The van der Waals surface area contributed by atoms with Gasteiger partial charge in [0.05, 0.1) is 5.60 Å². The van der Waals surface area contributed by atoms with Crippen molar-refractivity contribution >= 4 is 11.6 Å². The number of aromatic nitrogens is 2. The Kier molecular flexibility index (Phi) is 6.80. The molecule has 1 rings (SSSR count). The van der Waals surface area contributed by atoms with Crippen LogP contribution in [0.3, 0.4) is 0 Å². The molecule has 21 heavy (non-hydrogen) atoms. The predicted octanol–water partition coefficient (Wildman–Crippen LogP) is 0.779. The molecule has 7 heteroatoms. The Morgan fingerprint density at radius 1 is 1.33 bits per heavy atom. The summed E-state index contributed by atoms with van der Waals surface area (Å²) in [4.78, 5) is 10.7. The molecule has 0 aliphatic heterocycles.